The summed E-state index contributed by atoms with van der Waals surface area (Å²) in [6, 6.07) is 0. The molecule has 4 aliphatic carbocycles. The van der Waals surface area contributed by atoms with Crippen molar-refractivity contribution in [2.24, 2.45) is 22.7 Å². The minimum atomic E-state index is -1.86. The number of aliphatic hydroxyl groups is 1. The van der Waals surface area contributed by atoms with Crippen LogP contribution in [0.1, 0.15) is 72.6 Å². The number of fused-ring (bicyclic) bond motifs is 5. The summed E-state index contributed by atoms with van der Waals surface area (Å²) < 4.78 is 22.6. The molecule has 0 aromatic heterocycles. The largest absolute Gasteiger partial charge is 0.451 e. The maximum absolute atomic E-state index is 17.0. The molecule has 4 rings (SSSR count). The average Bonchev–Trinajstić information content (AvgIpc) is 2.90. The van der Waals surface area contributed by atoms with E-state index >= 15 is 4.39 Å². The lowest BCUT2D eigenvalue weighted by atomic mass is 9.44. The summed E-state index contributed by atoms with van der Waals surface area (Å²) in [7, 11) is 0. The molecule has 3 saturated carbocycles. The Morgan fingerprint density at radius 1 is 1.14 bits per heavy atom. The van der Waals surface area contributed by atoms with Crippen LogP contribution in [0.25, 0.3) is 0 Å². The highest BCUT2D eigenvalue weighted by atomic mass is 19.1. The highest BCUT2D eigenvalue weighted by molar-refractivity contribution is 5.92. The number of aliphatic hydroxyl groups excluding tert-OH is 1. The molecular weight excluding hydrogens is 375 g/mol. The lowest BCUT2D eigenvalue weighted by Gasteiger charge is -2.63. The van der Waals surface area contributed by atoms with E-state index in [2.05, 4.69) is 0 Å². The third-order valence-corrected chi connectivity index (χ3v) is 9.05. The first kappa shape index (κ1) is 20.7. The van der Waals surface area contributed by atoms with Crippen LogP contribution in [0.3, 0.4) is 0 Å². The Morgan fingerprint density at radius 3 is 2.45 bits per heavy atom. The number of halogens is 1. The Bertz CT molecular complexity index is 820. The molecule has 4 aliphatic rings. The van der Waals surface area contributed by atoms with Crippen molar-refractivity contribution >= 4 is 17.5 Å². The van der Waals surface area contributed by atoms with E-state index in [-0.39, 0.29) is 30.3 Å². The minimum Gasteiger partial charge on any atom is -0.451 e. The zero-order valence-electron chi connectivity index (χ0n) is 17.7. The molecule has 6 heteroatoms. The standard InChI is InChI=1S/C23H31FO5/c1-13(25)22(29-14(2)26)10-8-17-18-6-5-15-11-16(27)7-9-20(15,3)23(18,24)19(28)12-21(17,22)4/h11,17-19,28H,5-10,12H2,1-4H3/t17-,18-,19-,20-,21-,22-,23-/m1/s1. The number of hydrogen-bond acceptors (Lipinski definition) is 5. The van der Waals surface area contributed by atoms with Crippen molar-refractivity contribution in [3.8, 4) is 0 Å². The van der Waals surface area contributed by atoms with Crippen LogP contribution in [-0.4, -0.2) is 40.0 Å². The molecule has 0 radical (unpaired) electrons. The molecule has 160 valence electrons. The molecular formula is C23H31FO5. The van der Waals surface area contributed by atoms with Gasteiger partial charge in [-0.05, 0) is 57.4 Å². The van der Waals surface area contributed by atoms with E-state index in [0.717, 1.165) is 5.57 Å². The van der Waals surface area contributed by atoms with Crippen molar-refractivity contribution in [1.29, 1.82) is 0 Å². The number of carbonyl (C=O) groups excluding carboxylic acids is 3. The van der Waals surface area contributed by atoms with Gasteiger partial charge in [0.15, 0.2) is 17.2 Å². The highest BCUT2D eigenvalue weighted by Gasteiger charge is 2.75. The second kappa shape index (κ2) is 6.22. The second-order valence-corrected chi connectivity index (χ2v) is 10.1. The Balaban J connectivity index is 1.81. The van der Waals surface area contributed by atoms with Gasteiger partial charge in [0.25, 0.3) is 0 Å². The van der Waals surface area contributed by atoms with E-state index in [4.69, 9.17) is 4.74 Å². The van der Waals surface area contributed by atoms with Gasteiger partial charge in [-0.2, -0.15) is 0 Å². The topological polar surface area (TPSA) is 80.7 Å². The predicted molar refractivity (Wildman–Crippen MR) is 104 cm³/mol. The molecule has 7 atom stereocenters. The van der Waals surface area contributed by atoms with Crippen LogP contribution in [0.15, 0.2) is 11.6 Å². The minimum absolute atomic E-state index is 0.0287. The summed E-state index contributed by atoms with van der Waals surface area (Å²) in [4.78, 5) is 36.6. The normalized spacial score (nSPS) is 48.8. The fraction of sp³-hybridized carbons (Fsp3) is 0.783. The Morgan fingerprint density at radius 2 is 1.83 bits per heavy atom. The SMILES string of the molecule is CC(=O)O[C@@]1(C(C)=O)CC[C@@H]2[C@H]3CCC4=CC(=O)CC[C@@]4(C)[C@]3(F)[C@H](O)C[C@]21C. The maximum atomic E-state index is 17.0. The smallest absolute Gasteiger partial charge is 0.303 e. The summed E-state index contributed by atoms with van der Waals surface area (Å²) in [6.07, 6.45) is 3.15. The Labute approximate surface area is 171 Å². The van der Waals surface area contributed by atoms with Crippen molar-refractivity contribution in [2.75, 3.05) is 0 Å². The van der Waals surface area contributed by atoms with E-state index in [1.165, 1.54) is 13.8 Å². The van der Waals surface area contributed by atoms with Gasteiger partial charge >= 0.3 is 5.97 Å². The summed E-state index contributed by atoms with van der Waals surface area (Å²) in [5.74, 6) is -1.35. The zero-order valence-corrected chi connectivity index (χ0v) is 17.7. The van der Waals surface area contributed by atoms with Crippen molar-refractivity contribution in [2.45, 2.75) is 90.0 Å². The monoisotopic (exact) mass is 406 g/mol. The van der Waals surface area contributed by atoms with Crippen LogP contribution >= 0.6 is 0 Å². The number of ketones is 2. The molecule has 0 aromatic carbocycles. The van der Waals surface area contributed by atoms with E-state index < -0.39 is 40.1 Å². The Hall–Kier alpha value is -1.56. The molecule has 1 N–H and O–H groups in total. The number of allylic oxidation sites excluding steroid dienone is 1. The molecule has 0 amide bonds. The third-order valence-electron chi connectivity index (χ3n) is 9.05. The highest BCUT2D eigenvalue weighted by Crippen LogP contribution is 2.70. The van der Waals surface area contributed by atoms with Gasteiger partial charge in [-0.3, -0.25) is 14.4 Å². The van der Waals surface area contributed by atoms with E-state index in [1.54, 1.807) is 6.08 Å². The molecule has 0 aliphatic heterocycles. The van der Waals surface area contributed by atoms with Crippen molar-refractivity contribution in [3.63, 3.8) is 0 Å². The number of esters is 1. The van der Waals surface area contributed by atoms with Gasteiger partial charge in [0.1, 0.15) is 5.67 Å². The first-order valence-corrected chi connectivity index (χ1v) is 10.7. The summed E-state index contributed by atoms with van der Waals surface area (Å²) in [6.45, 7) is 6.45. The third kappa shape index (κ3) is 2.38. The Kier molecular flexibility index (Phi) is 4.44. The second-order valence-electron chi connectivity index (χ2n) is 10.1. The van der Waals surface area contributed by atoms with Gasteiger partial charge in [-0.25, -0.2) is 4.39 Å². The maximum Gasteiger partial charge on any atom is 0.303 e. The number of rotatable bonds is 2. The summed E-state index contributed by atoms with van der Waals surface area (Å²) in [5.41, 5.74) is -4.05. The number of Topliss-reactive ketones (excluding diaryl/α,β-unsaturated/α-hetero) is 1. The van der Waals surface area contributed by atoms with E-state index in [9.17, 15) is 19.5 Å². The fourth-order valence-corrected chi connectivity index (χ4v) is 7.62. The first-order valence-electron chi connectivity index (χ1n) is 10.7. The quantitative estimate of drug-likeness (QED) is 0.710. The van der Waals surface area contributed by atoms with Gasteiger partial charge < -0.3 is 9.84 Å². The van der Waals surface area contributed by atoms with Crippen molar-refractivity contribution < 1.29 is 28.6 Å². The lowest BCUT2D eigenvalue weighted by molar-refractivity contribution is -0.231. The lowest BCUT2D eigenvalue weighted by Crippen LogP contribution is -2.69. The predicted octanol–water partition coefficient (Wildman–Crippen LogP) is 3.47. The molecule has 0 aromatic rings. The molecule has 0 heterocycles. The fourth-order valence-electron chi connectivity index (χ4n) is 7.62. The number of hydrogen-bond donors (Lipinski definition) is 1. The molecule has 0 unspecified atom stereocenters. The van der Waals surface area contributed by atoms with E-state index in [1.807, 2.05) is 13.8 Å². The average molecular weight is 406 g/mol. The molecule has 3 fully saturated rings. The number of carbonyl (C=O) groups is 3. The molecule has 5 nitrogen and oxygen atoms in total. The van der Waals surface area contributed by atoms with Crippen LogP contribution in [-0.2, 0) is 19.1 Å². The van der Waals surface area contributed by atoms with Gasteiger partial charge in [-0.15, -0.1) is 0 Å². The van der Waals surface area contributed by atoms with Gasteiger partial charge in [-0.1, -0.05) is 19.4 Å². The molecule has 29 heavy (non-hydrogen) atoms. The van der Waals surface area contributed by atoms with Crippen LogP contribution in [0.4, 0.5) is 4.39 Å². The molecule has 0 bridgehead atoms. The van der Waals surface area contributed by atoms with Crippen LogP contribution in [0.2, 0.25) is 0 Å². The summed E-state index contributed by atoms with van der Waals surface area (Å²) >= 11 is 0. The van der Waals surface area contributed by atoms with Gasteiger partial charge in [0.2, 0.25) is 0 Å². The summed E-state index contributed by atoms with van der Waals surface area (Å²) in [5, 5.41) is 11.3. The first-order chi connectivity index (χ1) is 13.4. The molecule has 0 saturated heterocycles. The van der Waals surface area contributed by atoms with Crippen LogP contribution < -0.4 is 0 Å². The van der Waals surface area contributed by atoms with Crippen LogP contribution in [0, 0.1) is 22.7 Å². The van der Waals surface area contributed by atoms with Crippen LogP contribution in [0.5, 0.6) is 0 Å². The molecule has 0 spiro atoms. The van der Waals surface area contributed by atoms with Gasteiger partial charge in [0.05, 0.1) is 6.10 Å². The number of ether oxygens (including phenoxy) is 1. The van der Waals surface area contributed by atoms with Crippen molar-refractivity contribution in [1.82, 2.24) is 0 Å². The number of alkyl halides is 1. The van der Waals surface area contributed by atoms with E-state index in [0.29, 0.717) is 32.1 Å². The zero-order chi connectivity index (χ0) is 21.4. The van der Waals surface area contributed by atoms with Crippen molar-refractivity contribution in [3.05, 3.63) is 11.6 Å². The van der Waals surface area contributed by atoms with Gasteiger partial charge in [0, 0.05) is 30.1 Å².